The van der Waals surface area contributed by atoms with E-state index in [1.807, 2.05) is 12.1 Å². The molecule has 0 aliphatic rings. The zero-order chi connectivity index (χ0) is 18.0. The Labute approximate surface area is 148 Å². The molecule has 3 rings (SSSR count). The van der Waals surface area contributed by atoms with Crippen LogP contribution in [-0.4, -0.2) is 4.57 Å². The lowest BCUT2D eigenvalue weighted by molar-refractivity contribution is 0.993. The summed E-state index contributed by atoms with van der Waals surface area (Å²) in [6, 6.07) is 19.1. The summed E-state index contributed by atoms with van der Waals surface area (Å²) in [6.45, 7) is 0. The van der Waals surface area contributed by atoms with Crippen LogP contribution < -0.4 is 11.3 Å². The van der Waals surface area contributed by atoms with E-state index in [4.69, 9.17) is 17.3 Å². The van der Waals surface area contributed by atoms with Crippen molar-refractivity contribution in [2.75, 3.05) is 5.73 Å². The predicted octanol–water partition coefficient (Wildman–Crippen LogP) is 3.48. The van der Waals surface area contributed by atoms with Gasteiger partial charge in [0.1, 0.15) is 29.1 Å². The molecule has 2 N–H and O–H groups in total. The Morgan fingerprint density at radius 3 is 2.08 bits per heavy atom. The van der Waals surface area contributed by atoms with Gasteiger partial charge in [0, 0.05) is 10.6 Å². The summed E-state index contributed by atoms with van der Waals surface area (Å²) < 4.78 is 1.18. The number of rotatable bonds is 2. The Bertz CT molecular complexity index is 1090. The number of benzene rings is 2. The van der Waals surface area contributed by atoms with Gasteiger partial charge in [-0.25, -0.2) is 0 Å². The van der Waals surface area contributed by atoms with Crippen molar-refractivity contribution in [1.29, 1.82) is 10.5 Å². The molecule has 1 heterocycles. The second kappa shape index (κ2) is 6.52. The number of para-hydroxylation sites is 1. The maximum atomic E-state index is 12.9. The first-order chi connectivity index (χ1) is 12.1. The summed E-state index contributed by atoms with van der Waals surface area (Å²) in [4.78, 5) is 12.9. The molecule has 0 bridgehead atoms. The zero-order valence-corrected chi connectivity index (χ0v) is 13.7. The van der Waals surface area contributed by atoms with Gasteiger partial charge >= 0.3 is 0 Å². The van der Waals surface area contributed by atoms with Gasteiger partial charge in [0.15, 0.2) is 0 Å². The highest BCUT2D eigenvalue weighted by atomic mass is 35.5. The van der Waals surface area contributed by atoms with E-state index in [1.165, 1.54) is 4.57 Å². The highest BCUT2D eigenvalue weighted by molar-refractivity contribution is 6.30. The van der Waals surface area contributed by atoms with Gasteiger partial charge in [-0.2, -0.15) is 10.5 Å². The van der Waals surface area contributed by atoms with Crippen molar-refractivity contribution in [2.24, 2.45) is 0 Å². The van der Waals surface area contributed by atoms with Gasteiger partial charge in [0.2, 0.25) is 0 Å². The average Bonchev–Trinajstić information content (AvgIpc) is 2.63. The van der Waals surface area contributed by atoms with Crippen molar-refractivity contribution in [2.45, 2.75) is 0 Å². The molecule has 120 valence electrons. The molecule has 0 unspecified atom stereocenters. The van der Waals surface area contributed by atoms with Crippen molar-refractivity contribution < 1.29 is 0 Å². The summed E-state index contributed by atoms with van der Waals surface area (Å²) >= 11 is 5.89. The quantitative estimate of drug-likeness (QED) is 0.768. The first kappa shape index (κ1) is 16.3. The molecule has 0 spiro atoms. The molecule has 5 nitrogen and oxygen atoms in total. The van der Waals surface area contributed by atoms with Crippen LogP contribution in [0.3, 0.4) is 0 Å². The molecule has 25 heavy (non-hydrogen) atoms. The van der Waals surface area contributed by atoms with Crippen molar-refractivity contribution in [3.8, 4) is 29.0 Å². The van der Waals surface area contributed by atoms with Crippen LogP contribution in [0.15, 0.2) is 59.4 Å². The number of nitrogen functional groups attached to an aromatic ring is 1. The molecule has 3 aromatic rings. The first-order valence-corrected chi connectivity index (χ1v) is 7.66. The number of anilines is 1. The van der Waals surface area contributed by atoms with Crippen LogP contribution in [0, 0.1) is 22.7 Å². The van der Waals surface area contributed by atoms with Crippen molar-refractivity contribution >= 4 is 17.4 Å². The minimum Gasteiger partial charge on any atom is -0.384 e. The van der Waals surface area contributed by atoms with Crippen LogP contribution in [-0.2, 0) is 0 Å². The molecule has 0 aliphatic carbocycles. The molecular weight excluding hydrogens is 336 g/mol. The first-order valence-electron chi connectivity index (χ1n) is 7.28. The third kappa shape index (κ3) is 2.74. The number of nitrogens with two attached hydrogens (primary N) is 1. The van der Waals surface area contributed by atoms with Gasteiger partial charge < -0.3 is 5.73 Å². The second-order valence-electron chi connectivity index (χ2n) is 5.22. The van der Waals surface area contributed by atoms with E-state index in [2.05, 4.69) is 0 Å². The monoisotopic (exact) mass is 346 g/mol. The highest BCUT2D eigenvalue weighted by Gasteiger charge is 2.22. The predicted molar refractivity (Wildman–Crippen MR) is 96.3 cm³/mol. The third-order valence-electron chi connectivity index (χ3n) is 3.78. The zero-order valence-electron chi connectivity index (χ0n) is 12.9. The number of nitrogens with zero attached hydrogens (tertiary/aromatic N) is 3. The molecular formula is C19H11ClN4O. The number of hydrogen-bond acceptors (Lipinski definition) is 4. The van der Waals surface area contributed by atoms with Gasteiger partial charge in [0.05, 0.1) is 5.69 Å². The molecule has 0 atom stereocenters. The lowest BCUT2D eigenvalue weighted by Crippen LogP contribution is -2.26. The fraction of sp³-hybridized carbons (Fsp3) is 0. The van der Waals surface area contributed by atoms with Gasteiger partial charge in [-0.15, -0.1) is 0 Å². The fourth-order valence-electron chi connectivity index (χ4n) is 2.65. The van der Waals surface area contributed by atoms with Crippen LogP contribution in [0.25, 0.3) is 16.8 Å². The molecule has 0 saturated carbocycles. The molecule has 0 saturated heterocycles. The lowest BCUT2D eigenvalue weighted by atomic mass is 9.96. The third-order valence-corrected chi connectivity index (χ3v) is 4.04. The molecule has 2 aromatic carbocycles. The number of nitriles is 2. The summed E-state index contributed by atoms with van der Waals surface area (Å²) in [7, 11) is 0. The lowest BCUT2D eigenvalue weighted by Gasteiger charge is -2.15. The second-order valence-corrected chi connectivity index (χ2v) is 5.65. The Morgan fingerprint density at radius 2 is 1.52 bits per heavy atom. The SMILES string of the molecule is N#Cc1c(-c2ccc(Cl)cc2)c(C#N)c(=O)n(-c2ccccc2)c1N. The minimum atomic E-state index is -0.574. The van der Waals surface area contributed by atoms with Gasteiger partial charge in [-0.05, 0) is 29.8 Å². The Balaban J connectivity index is 2.44. The summed E-state index contributed by atoms with van der Waals surface area (Å²) in [6.07, 6.45) is 0. The van der Waals surface area contributed by atoms with Crippen LogP contribution >= 0.6 is 11.6 Å². The van der Waals surface area contributed by atoms with Gasteiger partial charge in [-0.3, -0.25) is 9.36 Å². The molecule has 0 amide bonds. The Hall–Kier alpha value is -3.54. The number of pyridine rings is 1. The van der Waals surface area contributed by atoms with Crippen LogP contribution in [0.5, 0.6) is 0 Å². The summed E-state index contributed by atoms with van der Waals surface area (Å²) in [5, 5.41) is 19.7. The molecule has 1 aromatic heterocycles. The molecule has 0 aliphatic heterocycles. The smallest absolute Gasteiger partial charge is 0.275 e. The molecule has 0 radical (unpaired) electrons. The number of hydrogen-bond donors (Lipinski definition) is 1. The fourth-order valence-corrected chi connectivity index (χ4v) is 2.77. The van der Waals surface area contributed by atoms with Crippen molar-refractivity contribution in [3.63, 3.8) is 0 Å². The van der Waals surface area contributed by atoms with Crippen LogP contribution in [0.4, 0.5) is 5.82 Å². The van der Waals surface area contributed by atoms with E-state index in [-0.39, 0.29) is 22.5 Å². The van der Waals surface area contributed by atoms with E-state index >= 15 is 0 Å². The van der Waals surface area contributed by atoms with E-state index < -0.39 is 5.56 Å². The van der Waals surface area contributed by atoms with E-state index in [1.54, 1.807) is 54.6 Å². The number of aromatic nitrogens is 1. The van der Waals surface area contributed by atoms with E-state index in [9.17, 15) is 15.3 Å². The van der Waals surface area contributed by atoms with Crippen LogP contribution in [0.2, 0.25) is 5.02 Å². The molecule has 6 heteroatoms. The van der Waals surface area contributed by atoms with E-state index in [0.717, 1.165) is 0 Å². The minimum absolute atomic E-state index is 0.0114. The Kier molecular flexibility index (Phi) is 4.26. The van der Waals surface area contributed by atoms with Gasteiger partial charge in [-0.1, -0.05) is 41.9 Å². The highest BCUT2D eigenvalue weighted by Crippen LogP contribution is 2.31. The Morgan fingerprint density at radius 1 is 0.920 bits per heavy atom. The van der Waals surface area contributed by atoms with Gasteiger partial charge in [0.25, 0.3) is 5.56 Å². The van der Waals surface area contributed by atoms with Crippen molar-refractivity contribution in [3.05, 3.63) is 81.1 Å². The maximum Gasteiger partial charge on any atom is 0.275 e. The maximum absolute atomic E-state index is 12.9. The summed E-state index contributed by atoms with van der Waals surface area (Å²) in [5.41, 5.74) is 6.71. The van der Waals surface area contributed by atoms with Crippen LogP contribution in [0.1, 0.15) is 11.1 Å². The summed E-state index contributed by atoms with van der Waals surface area (Å²) in [5.74, 6) is -0.0114. The topological polar surface area (TPSA) is 95.6 Å². The van der Waals surface area contributed by atoms with E-state index in [0.29, 0.717) is 16.3 Å². The normalized spacial score (nSPS) is 10.0. The largest absolute Gasteiger partial charge is 0.384 e. The van der Waals surface area contributed by atoms with Crippen molar-refractivity contribution in [1.82, 2.24) is 4.57 Å². The standard InChI is InChI=1S/C19H11ClN4O/c20-13-8-6-12(7-9-13)17-15(10-21)18(23)24(19(25)16(17)11-22)14-4-2-1-3-5-14/h1-9H,23H2. The number of halogens is 1. The molecule has 0 fully saturated rings. The average molecular weight is 347 g/mol.